The Hall–Kier alpha value is -3.53. The normalized spacial score (nSPS) is 18.0. The Balaban J connectivity index is 1.56. The van der Waals surface area contributed by atoms with Crippen molar-refractivity contribution < 1.29 is 18.0 Å². The topological polar surface area (TPSA) is 127 Å². The van der Waals surface area contributed by atoms with Gasteiger partial charge in [-0.05, 0) is 31.4 Å². The molecule has 2 N–H and O–H groups in total. The van der Waals surface area contributed by atoms with Gasteiger partial charge in [0.05, 0.1) is 22.4 Å². The van der Waals surface area contributed by atoms with Crippen molar-refractivity contribution in [2.24, 2.45) is 5.92 Å². The number of nitrogens with zero attached hydrogens (tertiary/aromatic N) is 2. The third-order valence-electron chi connectivity index (χ3n) is 5.73. The van der Waals surface area contributed by atoms with E-state index in [9.17, 15) is 22.8 Å². The predicted molar refractivity (Wildman–Crippen MR) is 124 cm³/mol. The molecule has 0 aliphatic carbocycles. The smallest absolute Gasteiger partial charge is 0.262 e. The van der Waals surface area contributed by atoms with Crippen LogP contribution >= 0.6 is 0 Å². The summed E-state index contributed by atoms with van der Waals surface area (Å²) in [6, 6.07) is 15.0. The van der Waals surface area contributed by atoms with Gasteiger partial charge < -0.3 is 0 Å². The first-order chi connectivity index (χ1) is 15.7. The molecule has 0 saturated carbocycles. The fourth-order valence-corrected chi connectivity index (χ4v) is 5.86. The molecule has 0 spiro atoms. The Morgan fingerprint density at radius 3 is 2.48 bits per heavy atom. The summed E-state index contributed by atoms with van der Waals surface area (Å²) in [5.41, 5.74) is 5.51. The highest BCUT2D eigenvalue weighted by Crippen LogP contribution is 2.23. The maximum Gasteiger partial charge on any atom is 0.262 e. The van der Waals surface area contributed by atoms with Gasteiger partial charge in [-0.2, -0.15) is 0 Å². The minimum atomic E-state index is -3.09. The van der Waals surface area contributed by atoms with E-state index in [4.69, 9.17) is 0 Å². The van der Waals surface area contributed by atoms with Crippen LogP contribution in [0.2, 0.25) is 0 Å². The molecule has 2 atom stereocenters. The first-order valence-electron chi connectivity index (χ1n) is 10.6. The van der Waals surface area contributed by atoms with E-state index in [1.807, 2.05) is 18.2 Å². The molecule has 1 saturated heterocycles. The van der Waals surface area contributed by atoms with Crippen LogP contribution in [-0.4, -0.2) is 41.3 Å². The van der Waals surface area contributed by atoms with E-state index in [1.54, 1.807) is 43.3 Å². The Morgan fingerprint density at radius 2 is 1.79 bits per heavy atom. The van der Waals surface area contributed by atoms with Gasteiger partial charge in [0.1, 0.15) is 11.9 Å². The second-order valence-corrected chi connectivity index (χ2v) is 10.4. The van der Waals surface area contributed by atoms with Gasteiger partial charge in [0, 0.05) is 12.0 Å². The fraction of sp³-hybridized carbons (Fsp3) is 0.304. The van der Waals surface area contributed by atoms with Gasteiger partial charge in [-0.3, -0.25) is 29.8 Å². The number of hydrogen-bond donors (Lipinski definition) is 2. The number of fused-ring (bicyclic) bond motifs is 1. The molecule has 1 aliphatic heterocycles. The number of nitrogens with one attached hydrogen (secondary N) is 2. The number of benzene rings is 2. The number of sulfone groups is 1. The lowest BCUT2D eigenvalue weighted by molar-refractivity contribution is -0.130. The quantitative estimate of drug-likeness (QED) is 0.548. The van der Waals surface area contributed by atoms with Crippen LogP contribution in [-0.2, 0) is 19.4 Å². The van der Waals surface area contributed by atoms with Crippen molar-refractivity contribution >= 4 is 32.6 Å². The molecule has 0 unspecified atom stereocenters. The number of hydrogen-bond acceptors (Lipinski definition) is 6. The van der Waals surface area contributed by atoms with Crippen LogP contribution in [0.15, 0.2) is 59.4 Å². The number of carbonyl (C=O) groups is 2. The van der Waals surface area contributed by atoms with Crippen LogP contribution in [0.5, 0.6) is 0 Å². The molecule has 33 heavy (non-hydrogen) atoms. The van der Waals surface area contributed by atoms with Gasteiger partial charge in [-0.25, -0.2) is 13.4 Å². The van der Waals surface area contributed by atoms with Gasteiger partial charge >= 0.3 is 0 Å². The van der Waals surface area contributed by atoms with E-state index in [0.717, 1.165) is 0 Å². The second-order valence-electron chi connectivity index (χ2n) is 8.18. The monoisotopic (exact) mass is 468 g/mol. The van der Waals surface area contributed by atoms with E-state index in [1.165, 1.54) is 4.57 Å². The van der Waals surface area contributed by atoms with Crippen molar-refractivity contribution in [3.63, 3.8) is 0 Å². The van der Waals surface area contributed by atoms with Gasteiger partial charge in [-0.15, -0.1) is 0 Å². The Labute approximate surface area is 190 Å². The van der Waals surface area contributed by atoms with Gasteiger partial charge in [0.25, 0.3) is 11.5 Å². The summed E-state index contributed by atoms with van der Waals surface area (Å²) in [6.45, 7) is 1.55. The lowest BCUT2D eigenvalue weighted by Gasteiger charge is -2.20. The number of carbonyl (C=O) groups excluding carboxylic acids is 2. The summed E-state index contributed by atoms with van der Waals surface area (Å²) in [4.78, 5) is 43.0. The van der Waals surface area contributed by atoms with Crippen LogP contribution in [0.3, 0.4) is 0 Å². The second kappa shape index (κ2) is 9.14. The molecule has 2 amide bonds. The van der Waals surface area contributed by atoms with Gasteiger partial charge in [0.2, 0.25) is 5.91 Å². The molecular formula is C23H24N4O5S. The summed E-state index contributed by atoms with van der Waals surface area (Å²) in [5.74, 6) is -0.952. The van der Waals surface area contributed by atoms with Crippen LogP contribution < -0.4 is 16.4 Å². The van der Waals surface area contributed by atoms with Crippen molar-refractivity contribution in [2.45, 2.75) is 25.8 Å². The lowest BCUT2D eigenvalue weighted by atomic mass is 10.1. The largest absolute Gasteiger partial charge is 0.280 e. The highest BCUT2D eigenvalue weighted by atomic mass is 32.2. The van der Waals surface area contributed by atoms with Crippen LogP contribution in [0.4, 0.5) is 0 Å². The maximum atomic E-state index is 13.3. The van der Waals surface area contributed by atoms with E-state index in [2.05, 4.69) is 15.8 Å². The first-order valence-corrected chi connectivity index (χ1v) is 12.4. The van der Waals surface area contributed by atoms with Crippen molar-refractivity contribution in [2.75, 3.05) is 11.5 Å². The Morgan fingerprint density at radius 1 is 1.09 bits per heavy atom. The van der Waals surface area contributed by atoms with Crippen molar-refractivity contribution in [3.8, 4) is 11.4 Å². The molecule has 1 fully saturated rings. The van der Waals surface area contributed by atoms with Gasteiger partial charge in [-0.1, -0.05) is 42.5 Å². The predicted octanol–water partition coefficient (Wildman–Crippen LogP) is 1.60. The molecule has 10 heteroatoms. The maximum absolute atomic E-state index is 13.3. The van der Waals surface area contributed by atoms with Crippen molar-refractivity contribution in [3.05, 3.63) is 65.0 Å². The van der Waals surface area contributed by atoms with E-state index < -0.39 is 27.7 Å². The lowest BCUT2D eigenvalue weighted by Crippen LogP contribution is -2.46. The Kier molecular flexibility index (Phi) is 6.28. The van der Waals surface area contributed by atoms with Crippen LogP contribution in [0, 0.1) is 5.92 Å². The number of rotatable bonds is 5. The van der Waals surface area contributed by atoms with E-state index >= 15 is 0 Å². The molecule has 9 nitrogen and oxygen atoms in total. The average molecular weight is 469 g/mol. The third kappa shape index (κ3) is 4.95. The summed E-state index contributed by atoms with van der Waals surface area (Å²) in [6.07, 6.45) is 0.430. The molecule has 4 rings (SSSR count). The molecule has 0 bridgehead atoms. The van der Waals surface area contributed by atoms with E-state index in [0.29, 0.717) is 28.7 Å². The molecule has 2 heterocycles. The molecular weight excluding hydrogens is 444 g/mol. The average Bonchev–Trinajstić information content (AvgIpc) is 3.15. The molecule has 3 aromatic rings. The number of amides is 2. The molecule has 1 aromatic heterocycles. The zero-order valence-electron chi connectivity index (χ0n) is 18.0. The molecule has 172 valence electrons. The van der Waals surface area contributed by atoms with Crippen LogP contribution in [0.1, 0.15) is 25.8 Å². The highest BCUT2D eigenvalue weighted by Gasteiger charge is 2.30. The number of hydrazine groups is 1. The first kappa shape index (κ1) is 22.7. The summed E-state index contributed by atoms with van der Waals surface area (Å²) in [5, 5.41) is 0.378. The van der Waals surface area contributed by atoms with Gasteiger partial charge in [0.15, 0.2) is 9.84 Å². The zero-order valence-corrected chi connectivity index (χ0v) is 18.8. The van der Waals surface area contributed by atoms with Crippen molar-refractivity contribution in [1.29, 1.82) is 0 Å². The highest BCUT2D eigenvalue weighted by molar-refractivity contribution is 7.91. The third-order valence-corrected chi connectivity index (χ3v) is 7.57. The molecule has 2 aromatic carbocycles. The van der Waals surface area contributed by atoms with Crippen molar-refractivity contribution in [1.82, 2.24) is 20.4 Å². The summed E-state index contributed by atoms with van der Waals surface area (Å²) < 4.78 is 24.4. The summed E-state index contributed by atoms with van der Waals surface area (Å²) >= 11 is 0. The standard InChI is InChI=1S/C23H24N4O5S/c1-15(22(29)26-25-20(28)13-16-11-12-33(31,32)14-16)27-21(17-7-3-2-4-8-17)24-19-10-6-5-9-18(19)23(27)30/h2-10,15-16H,11-14H2,1H3,(H,25,28)(H,26,29)/t15-,16-/m1/s1. The zero-order chi connectivity index (χ0) is 23.6. The summed E-state index contributed by atoms with van der Waals surface area (Å²) in [7, 11) is -3.09. The SMILES string of the molecule is C[C@H](C(=O)NNC(=O)C[C@H]1CCS(=O)(=O)C1)n1c(-c2ccccc2)nc2ccccc2c1=O. The van der Waals surface area contributed by atoms with E-state index in [-0.39, 0.29) is 29.4 Å². The number of para-hydroxylation sites is 1. The minimum Gasteiger partial charge on any atom is -0.280 e. The Bertz CT molecular complexity index is 1370. The molecule has 1 aliphatic rings. The van der Waals surface area contributed by atoms with Crippen LogP contribution in [0.25, 0.3) is 22.3 Å². The minimum absolute atomic E-state index is 0.000630. The molecule has 0 radical (unpaired) electrons. The fourth-order valence-electron chi connectivity index (χ4n) is 4.00. The number of aromatic nitrogens is 2.